The van der Waals surface area contributed by atoms with E-state index in [2.05, 4.69) is 10.0 Å². The van der Waals surface area contributed by atoms with Crippen molar-refractivity contribution in [2.45, 2.75) is 12.5 Å². The van der Waals surface area contributed by atoms with Gasteiger partial charge >= 0.3 is 0 Å². The van der Waals surface area contributed by atoms with E-state index in [1.807, 2.05) is 30.3 Å². The third kappa shape index (κ3) is 3.05. The molecule has 19 heavy (non-hydrogen) atoms. The van der Waals surface area contributed by atoms with Gasteiger partial charge < -0.3 is 10.0 Å². The fourth-order valence-corrected chi connectivity index (χ4v) is 2.44. The van der Waals surface area contributed by atoms with E-state index in [1.165, 1.54) is 0 Å². The van der Waals surface area contributed by atoms with Crippen molar-refractivity contribution in [3.63, 3.8) is 0 Å². The molecule has 6 nitrogen and oxygen atoms in total. The normalized spacial score (nSPS) is 20.2. The van der Waals surface area contributed by atoms with Crippen LogP contribution in [0.5, 0.6) is 0 Å². The first-order valence-corrected chi connectivity index (χ1v) is 6.22. The van der Waals surface area contributed by atoms with Crippen LogP contribution in [-0.4, -0.2) is 35.6 Å². The molecule has 0 radical (unpaired) electrons. The number of azide groups is 1. The van der Waals surface area contributed by atoms with Crippen molar-refractivity contribution in [3.05, 3.63) is 46.3 Å². The number of carbonyl (C=O) groups is 1. The second kappa shape index (κ2) is 6.22. The van der Waals surface area contributed by atoms with Gasteiger partial charge in [0.2, 0.25) is 5.91 Å². The molecule has 1 aliphatic heterocycles. The van der Waals surface area contributed by atoms with Gasteiger partial charge in [0, 0.05) is 24.4 Å². The highest BCUT2D eigenvalue weighted by atomic mass is 16.3. The van der Waals surface area contributed by atoms with Crippen LogP contribution in [-0.2, 0) is 4.79 Å². The second-order valence-corrected chi connectivity index (χ2v) is 4.64. The van der Waals surface area contributed by atoms with Gasteiger partial charge in [-0.2, -0.15) is 0 Å². The van der Waals surface area contributed by atoms with Crippen LogP contribution in [0.15, 0.2) is 35.4 Å². The third-order valence-electron chi connectivity index (χ3n) is 3.38. The molecule has 1 N–H and O–H groups in total. The van der Waals surface area contributed by atoms with Crippen LogP contribution in [0, 0.1) is 5.92 Å². The van der Waals surface area contributed by atoms with Crippen LogP contribution in [0.25, 0.3) is 10.4 Å². The Morgan fingerprint density at radius 1 is 1.47 bits per heavy atom. The zero-order valence-corrected chi connectivity index (χ0v) is 10.5. The van der Waals surface area contributed by atoms with E-state index in [0.717, 1.165) is 5.56 Å². The number of rotatable bonds is 5. The Morgan fingerprint density at radius 3 is 2.84 bits per heavy atom. The predicted molar refractivity (Wildman–Crippen MR) is 70.1 cm³/mol. The van der Waals surface area contributed by atoms with Crippen LogP contribution < -0.4 is 0 Å². The zero-order valence-electron chi connectivity index (χ0n) is 10.5. The molecule has 0 aliphatic carbocycles. The number of carbonyl (C=O) groups excluding carboxylic acids is 1. The highest BCUT2D eigenvalue weighted by molar-refractivity contribution is 5.79. The molecule has 6 heteroatoms. The molecule has 0 spiro atoms. The molecule has 1 aliphatic rings. The lowest BCUT2D eigenvalue weighted by atomic mass is 10.1. The standard InChI is InChI=1S/C13H16N4O2/c14-16-15-7-10-6-13(19)17(8-10)12(9-18)11-4-2-1-3-5-11/h1-5,10,12,18H,6-9H2. The fraction of sp³-hybridized carbons (Fsp3) is 0.462. The lowest BCUT2D eigenvalue weighted by Gasteiger charge is -2.27. The lowest BCUT2D eigenvalue weighted by molar-refractivity contribution is -0.130. The Hall–Kier alpha value is -2.04. The summed E-state index contributed by atoms with van der Waals surface area (Å²) in [6, 6.07) is 9.15. The Kier molecular flexibility index (Phi) is 4.39. The summed E-state index contributed by atoms with van der Waals surface area (Å²) in [5.74, 6) is 0.0437. The highest BCUT2D eigenvalue weighted by Gasteiger charge is 2.34. The van der Waals surface area contributed by atoms with Crippen molar-refractivity contribution in [2.75, 3.05) is 19.7 Å². The van der Waals surface area contributed by atoms with Crippen LogP contribution in [0.1, 0.15) is 18.0 Å². The first kappa shape index (κ1) is 13.4. The average Bonchev–Trinajstić information content (AvgIpc) is 2.80. The van der Waals surface area contributed by atoms with Crippen molar-refractivity contribution in [2.24, 2.45) is 11.0 Å². The number of amides is 1. The number of hydrogen-bond acceptors (Lipinski definition) is 3. The van der Waals surface area contributed by atoms with Gasteiger partial charge in [-0.15, -0.1) is 0 Å². The molecule has 2 rings (SSSR count). The minimum absolute atomic E-state index is 0.000966. The van der Waals surface area contributed by atoms with Crippen LogP contribution >= 0.6 is 0 Å². The largest absolute Gasteiger partial charge is 0.394 e. The minimum Gasteiger partial charge on any atom is -0.394 e. The molecule has 1 amide bonds. The lowest BCUT2D eigenvalue weighted by Crippen LogP contribution is -2.32. The summed E-state index contributed by atoms with van der Waals surface area (Å²) in [5.41, 5.74) is 9.23. The Balaban J connectivity index is 2.11. The summed E-state index contributed by atoms with van der Waals surface area (Å²) < 4.78 is 0. The number of aliphatic hydroxyl groups is 1. The molecule has 100 valence electrons. The minimum atomic E-state index is -0.315. The van der Waals surface area contributed by atoms with Gasteiger partial charge in [-0.1, -0.05) is 35.4 Å². The van der Waals surface area contributed by atoms with Crippen LogP contribution in [0.4, 0.5) is 0 Å². The fourth-order valence-electron chi connectivity index (χ4n) is 2.44. The van der Waals surface area contributed by atoms with Gasteiger partial charge in [-0.3, -0.25) is 4.79 Å². The van der Waals surface area contributed by atoms with E-state index in [0.29, 0.717) is 19.5 Å². The van der Waals surface area contributed by atoms with Gasteiger partial charge in [0.25, 0.3) is 0 Å². The van der Waals surface area contributed by atoms with E-state index < -0.39 is 0 Å². The topological polar surface area (TPSA) is 89.3 Å². The molecule has 2 atom stereocenters. The quantitative estimate of drug-likeness (QED) is 0.497. The van der Waals surface area contributed by atoms with Crippen molar-refractivity contribution >= 4 is 5.91 Å². The summed E-state index contributed by atoms with van der Waals surface area (Å²) in [7, 11) is 0. The monoisotopic (exact) mass is 260 g/mol. The molecule has 0 saturated carbocycles. The van der Waals surface area contributed by atoms with Crippen LogP contribution in [0.3, 0.4) is 0 Å². The summed E-state index contributed by atoms with van der Waals surface area (Å²) >= 11 is 0. The number of hydrogen-bond donors (Lipinski definition) is 1. The Bertz CT molecular complexity index is 485. The molecule has 1 aromatic carbocycles. The number of aliphatic hydroxyl groups excluding tert-OH is 1. The van der Waals surface area contributed by atoms with E-state index >= 15 is 0 Å². The first-order chi connectivity index (χ1) is 9.26. The molecular formula is C13H16N4O2. The van der Waals surface area contributed by atoms with Gasteiger partial charge in [0.15, 0.2) is 0 Å². The van der Waals surface area contributed by atoms with Gasteiger partial charge in [0.05, 0.1) is 12.6 Å². The molecule has 2 unspecified atom stereocenters. The van der Waals surface area contributed by atoms with Crippen LogP contribution in [0.2, 0.25) is 0 Å². The molecule has 1 aromatic rings. The van der Waals surface area contributed by atoms with Gasteiger partial charge in [-0.05, 0) is 17.0 Å². The molecule has 1 saturated heterocycles. The van der Waals surface area contributed by atoms with Gasteiger partial charge in [0.1, 0.15) is 0 Å². The molecule has 0 aromatic heterocycles. The molecular weight excluding hydrogens is 244 g/mol. The van der Waals surface area contributed by atoms with E-state index in [1.54, 1.807) is 4.90 Å². The second-order valence-electron chi connectivity index (χ2n) is 4.64. The maximum atomic E-state index is 12.0. The highest BCUT2D eigenvalue weighted by Crippen LogP contribution is 2.28. The molecule has 0 bridgehead atoms. The summed E-state index contributed by atoms with van der Waals surface area (Å²) in [5, 5.41) is 13.1. The predicted octanol–water partition coefficient (Wildman–Crippen LogP) is 1.88. The Labute approximate surface area is 111 Å². The van der Waals surface area contributed by atoms with Crippen molar-refractivity contribution < 1.29 is 9.90 Å². The van der Waals surface area contributed by atoms with Crippen molar-refractivity contribution in [1.29, 1.82) is 0 Å². The summed E-state index contributed by atoms with van der Waals surface area (Å²) in [6.07, 6.45) is 0.377. The number of nitrogens with zero attached hydrogens (tertiary/aromatic N) is 4. The SMILES string of the molecule is [N-]=[N+]=NCC1CC(=O)N(C(CO)c2ccccc2)C1. The maximum absolute atomic E-state index is 12.0. The zero-order chi connectivity index (χ0) is 13.7. The summed E-state index contributed by atoms with van der Waals surface area (Å²) in [6.45, 7) is 0.744. The van der Waals surface area contributed by atoms with Crippen molar-refractivity contribution in [3.8, 4) is 0 Å². The maximum Gasteiger partial charge on any atom is 0.223 e. The van der Waals surface area contributed by atoms with Gasteiger partial charge in [-0.25, -0.2) is 0 Å². The number of likely N-dealkylation sites (tertiary alicyclic amines) is 1. The molecule has 1 heterocycles. The summed E-state index contributed by atoms with van der Waals surface area (Å²) in [4.78, 5) is 16.4. The van der Waals surface area contributed by atoms with E-state index in [4.69, 9.17) is 5.53 Å². The smallest absolute Gasteiger partial charge is 0.223 e. The number of benzene rings is 1. The van der Waals surface area contributed by atoms with E-state index in [9.17, 15) is 9.90 Å². The van der Waals surface area contributed by atoms with Crippen molar-refractivity contribution in [1.82, 2.24) is 4.90 Å². The Morgan fingerprint density at radius 2 is 2.21 bits per heavy atom. The molecule has 1 fully saturated rings. The first-order valence-electron chi connectivity index (χ1n) is 6.22. The third-order valence-corrected chi connectivity index (χ3v) is 3.38. The average molecular weight is 260 g/mol. The van der Waals surface area contributed by atoms with E-state index in [-0.39, 0.29) is 24.5 Å².